The van der Waals surface area contributed by atoms with Gasteiger partial charge in [0.1, 0.15) is 12.0 Å². The Bertz CT molecular complexity index is 1270. The number of rotatable bonds is 7. The molecule has 2 heterocycles. The van der Waals surface area contributed by atoms with E-state index in [0.717, 1.165) is 18.4 Å². The van der Waals surface area contributed by atoms with Crippen LogP contribution in [0.4, 0.5) is 18.9 Å². The van der Waals surface area contributed by atoms with Gasteiger partial charge in [-0.2, -0.15) is 18.3 Å². The van der Waals surface area contributed by atoms with Crippen molar-refractivity contribution in [2.45, 2.75) is 19.1 Å². The highest BCUT2D eigenvalue weighted by Crippen LogP contribution is 2.32. The van der Waals surface area contributed by atoms with Crippen LogP contribution in [-0.4, -0.2) is 31.9 Å². The van der Waals surface area contributed by atoms with Crippen LogP contribution in [0.25, 0.3) is 22.8 Å². The molecule has 0 bridgehead atoms. The van der Waals surface area contributed by atoms with Crippen LogP contribution in [-0.2, 0) is 17.5 Å². The van der Waals surface area contributed by atoms with Gasteiger partial charge in [0, 0.05) is 35.2 Å². The Hall–Kier alpha value is -3.86. The minimum absolute atomic E-state index is 0.114. The maximum atomic E-state index is 13.1. The molecular weight excluding hydrogens is 455 g/mol. The molecule has 0 aliphatic heterocycles. The Kier molecular flexibility index (Phi) is 6.31. The topological polar surface area (TPSA) is 89.8 Å². The van der Waals surface area contributed by atoms with Crippen LogP contribution >= 0.6 is 11.3 Å². The summed E-state index contributed by atoms with van der Waals surface area (Å²) in [6.07, 6.45) is -3.59. The molecule has 4 rings (SSSR count). The zero-order chi connectivity index (χ0) is 23.4. The smallest absolute Gasteiger partial charge is 0.321 e. The molecule has 4 aromatic rings. The number of alkyl halides is 3. The molecule has 0 aliphatic rings. The number of halogens is 3. The fraction of sp³-hybridized carbons (Fsp3) is 0.136. The van der Waals surface area contributed by atoms with Crippen LogP contribution in [0.5, 0.6) is 0 Å². The van der Waals surface area contributed by atoms with E-state index in [9.17, 15) is 22.8 Å². The first-order valence-corrected chi connectivity index (χ1v) is 10.7. The molecule has 2 aromatic carbocycles. The summed E-state index contributed by atoms with van der Waals surface area (Å²) in [5.41, 5.74) is 2.44. The molecule has 0 fully saturated rings. The summed E-state index contributed by atoms with van der Waals surface area (Å²) >= 11 is 1.31. The average molecular weight is 471 g/mol. The second kappa shape index (κ2) is 9.33. The van der Waals surface area contributed by atoms with Crippen molar-refractivity contribution in [3.63, 3.8) is 0 Å². The molecule has 7 nitrogen and oxygen atoms in total. The zero-order valence-electron chi connectivity index (χ0n) is 16.9. The summed E-state index contributed by atoms with van der Waals surface area (Å²) in [7, 11) is 0. The monoisotopic (exact) mass is 471 g/mol. The van der Waals surface area contributed by atoms with Crippen molar-refractivity contribution in [1.29, 1.82) is 0 Å². The summed E-state index contributed by atoms with van der Waals surface area (Å²) in [6.45, 7) is 0.215. The van der Waals surface area contributed by atoms with Gasteiger partial charge in [-0.1, -0.05) is 12.1 Å². The van der Waals surface area contributed by atoms with E-state index in [1.165, 1.54) is 28.2 Å². The van der Waals surface area contributed by atoms with Crippen molar-refractivity contribution >= 4 is 29.2 Å². The lowest BCUT2D eigenvalue weighted by molar-refractivity contribution is -0.137. The van der Waals surface area contributed by atoms with Crippen molar-refractivity contribution in [1.82, 2.24) is 19.7 Å². The summed E-state index contributed by atoms with van der Waals surface area (Å²) in [6, 6.07) is 11.5. The Morgan fingerprint density at radius 2 is 1.91 bits per heavy atom. The number of anilines is 1. The zero-order valence-corrected chi connectivity index (χ0v) is 17.7. The van der Waals surface area contributed by atoms with Crippen LogP contribution < -0.4 is 5.32 Å². The standard InChI is InChI=1S/C22H16F3N5O2S/c23-22(24,25)16-4-1-3-15(11-16)19-28-20(30(29-19)9-2-10-31)14-5-7-17(8-6-14)27-21(32)18-12-33-13-26-18/h1,3-8,10-13H,2,9H2,(H,27,32). The fourth-order valence-electron chi connectivity index (χ4n) is 3.07. The Labute approximate surface area is 189 Å². The highest BCUT2D eigenvalue weighted by molar-refractivity contribution is 7.07. The molecule has 0 spiro atoms. The Balaban J connectivity index is 1.63. The average Bonchev–Trinajstić information content (AvgIpc) is 3.48. The number of aromatic nitrogens is 4. The normalized spacial score (nSPS) is 11.4. The lowest BCUT2D eigenvalue weighted by Crippen LogP contribution is -2.12. The predicted molar refractivity (Wildman–Crippen MR) is 117 cm³/mol. The number of amides is 1. The van der Waals surface area contributed by atoms with E-state index in [2.05, 4.69) is 20.4 Å². The number of carbonyl (C=O) groups is 2. The number of thiazole rings is 1. The number of nitrogens with one attached hydrogen (secondary N) is 1. The van der Waals surface area contributed by atoms with Crippen LogP contribution in [0.15, 0.2) is 59.4 Å². The van der Waals surface area contributed by atoms with E-state index >= 15 is 0 Å². The van der Waals surface area contributed by atoms with Gasteiger partial charge >= 0.3 is 6.18 Å². The first-order valence-electron chi connectivity index (χ1n) is 9.71. The largest absolute Gasteiger partial charge is 0.416 e. The van der Waals surface area contributed by atoms with Crippen molar-refractivity contribution in [2.24, 2.45) is 0 Å². The minimum atomic E-state index is -4.49. The van der Waals surface area contributed by atoms with Gasteiger partial charge in [-0.3, -0.25) is 4.79 Å². The molecule has 0 saturated heterocycles. The van der Waals surface area contributed by atoms with Crippen LogP contribution in [0.3, 0.4) is 0 Å². The van der Waals surface area contributed by atoms with E-state index in [4.69, 9.17) is 0 Å². The van der Waals surface area contributed by atoms with Gasteiger partial charge in [0.25, 0.3) is 5.91 Å². The highest BCUT2D eigenvalue weighted by Gasteiger charge is 2.30. The number of carbonyl (C=O) groups excluding carboxylic acids is 2. The van der Waals surface area contributed by atoms with Gasteiger partial charge in [-0.05, 0) is 36.4 Å². The minimum Gasteiger partial charge on any atom is -0.321 e. The number of benzene rings is 2. The summed E-state index contributed by atoms with van der Waals surface area (Å²) in [4.78, 5) is 31.4. The van der Waals surface area contributed by atoms with E-state index in [1.807, 2.05) is 0 Å². The van der Waals surface area contributed by atoms with E-state index in [1.54, 1.807) is 35.2 Å². The van der Waals surface area contributed by atoms with Gasteiger partial charge in [-0.15, -0.1) is 11.3 Å². The Morgan fingerprint density at radius 1 is 1.12 bits per heavy atom. The van der Waals surface area contributed by atoms with Crippen molar-refractivity contribution in [3.8, 4) is 22.8 Å². The van der Waals surface area contributed by atoms with Crippen LogP contribution in [0.2, 0.25) is 0 Å². The molecule has 1 amide bonds. The van der Waals surface area contributed by atoms with Gasteiger partial charge in [0.15, 0.2) is 11.6 Å². The van der Waals surface area contributed by atoms with Gasteiger partial charge in [0.05, 0.1) is 11.1 Å². The van der Waals surface area contributed by atoms with E-state index < -0.39 is 11.7 Å². The molecule has 1 N–H and O–H groups in total. The number of hydrogen-bond donors (Lipinski definition) is 1. The van der Waals surface area contributed by atoms with E-state index in [0.29, 0.717) is 22.8 Å². The fourth-order valence-corrected chi connectivity index (χ4v) is 3.60. The summed E-state index contributed by atoms with van der Waals surface area (Å²) in [5.74, 6) is 0.162. The number of nitrogens with zero attached hydrogens (tertiary/aromatic N) is 4. The highest BCUT2D eigenvalue weighted by atomic mass is 32.1. The first-order chi connectivity index (χ1) is 15.8. The number of aldehydes is 1. The molecule has 11 heteroatoms. The molecule has 33 heavy (non-hydrogen) atoms. The summed E-state index contributed by atoms with van der Waals surface area (Å²) < 4.78 is 40.8. The quantitative estimate of drug-likeness (QED) is 0.386. The van der Waals surface area contributed by atoms with E-state index in [-0.39, 0.29) is 30.3 Å². The maximum absolute atomic E-state index is 13.1. The number of hydrogen-bond acceptors (Lipinski definition) is 6. The molecule has 2 aromatic heterocycles. The first kappa shape index (κ1) is 22.3. The van der Waals surface area contributed by atoms with Gasteiger partial charge in [0.2, 0.25) is 0 Å². The predicted octanol–water partition coefficient (Wildman–Crippen LogP) is 4.93. The third-order valence-corrected chi connectivity index (χ3v) is 5.23. The molecule has 0 unspecified atom stereocenters. The van der Waals surface area contributed by atoms with Crippen LogP contribution in [0.1, 0.15) is 22.5 Å². The molecule has 0 aliphatic carbocycles. The second-order valence-electron chi connectivity index (χ2n) is 6.92. The third kappa shape index (κ3) is 5.14. The SMILES string of the molecule is O=CCCn1nc(-c2cccc(C(F)(F)F)c2)nc1-c1ccc(NC(=O)c2cscn2)cc1. The lowest BCUT2D eigenvalue weighted by atomic mass is 10.1. The molecule has 0 radical (unpaired) electrons. The van der Waals surface area contributed by atoms with Crippen molar-refractivity contribution in [3.05, 3.63) is 70.7 Å². The molecule has 168 valence electrons. The Morgan fingerprint density at radius 3 is 2.58 bits per heavy atom. The van der Waals surface area contributed by atoms with Crippen molar-refractivity contribution < 1.29 is 22.8 Å². The lowest BCUT2D eigenvalue weighted by Gasteiger charge is -2.06. The maximum Gasteiger partial charge on any atom is 0.416 e. The third-order valence-electron chi connectivity index (χ3n) is 4.64. The second-order valence-corrected chi connectivity index (χ2v) is 7.64. The van der Waals surface area contributed by atoms with Crippen molar-refractivity contribution in [2.75, 3.05) is 5.32 Å². The summed E-state index contributed by atoms with van der Waals surface area (Å²) in [5, 5.41) is 8.69. The number of aryl methyl sites for hydroxylation is 1. The molecular formula is C22H16F3N5O2S. The van der Waals surface area contributed by atoms with Crippen LogP contribution in [0, 0.1) is 0 Å². The van der Waals surface area contributed by atoms with Gasteiger partial charge < -0.3 is 10.1 Å². The molecule has 0 saturated carbocycles. The molecule has 0 atom stereocenters. The van der Waals surface area contributed by atoms with Gasteiger partial charge in [-0.25, -0.2) is 14.6 Å².